The zero-order chi connectivity index (χ0) is 15.1. The summed E-state index contributed by atoms with van der Waals surface area (Å²) >= 11 is 9.46. The summed E-state index contributed by atoms with van der Waals surface area (Å²) in [6.07, 6.45) is 0.608. The van der Waals surface area contributed by atoms with Crippen molar-refractivity contribution in [3.8, 4) is 0 Å². The second-order valence-corrected chi connectivity index (χ2v) is 6.76. The standard InChI is InChI=1S/C15H23BrClNO2/c1-10(2)6-11(3)20-9-13(19)8-18-15-7-12(16)4-5-14(15)17/h4-5,7,10-11,13,18-19H,6,8-9H2,1-3H3. The number of rotatable bonds is 8. The summed E-state index contributed by atoms with van der Waals surface area (Å²) in [4.78, 5) is 0. The van der Waals surface area contributed by atoms with Crippen LogP contribution in [0.2, 0.25) is 5.02 Å². The van der Waals surface area contributed by atoms with Gasteiger partial charge in [0.15, 0.2) is 0 Å². The van der Waals surface area contributed by atoms with Gasteiger partial charge in [-0.3, -0.25) is 0 Å². The Morgan fingerprint density at radius 1 is 1.35 bits per heavy atom. The van der Waals surface area contributed by atoms with Gasteiger partial charge in [0.05, 0.1) is 29.5 Å². The lowest BCUT2D eigenvalue weighted by atomic mass is 10.1. The first-order valence-corrected chi connectivity index (χ1v) is 8.04. The van der Waals surface area contributed by atoms with E-state index in [-0.39, 0.29) is 6.10 Å². The van der Waals surface area contributed by atoms with Crippen molar-refractivity contribution in [2.75, 3.05) is 18.5 Å². The van der Waals surface area contributed by atoms with Crippen LogP contribution in [-0.2, 0) is 4.74 Å². The Morgan fingerprint density at radius 2 is 2.05 bits per heavy atom. The van der Waals surface area contributed by atoms with E-state index in [2.05, 4.69) is 35.1 Å². The number of aliphatic hydroxyl groups excluding tert-OH is 1. The molecule has 2 atom stereocenters. The van der Waals surface area contributed by atoms with E-state index in [0.717, 1.165) is 16.6 Å². The highest BCUT2D eigenvalue weighted by molar-refractivity contribution is 9.10. The average molecular weight is 365 g/mol. The van der Waals surface area contributed by atoms with Crippen LogP contribution in [0.15, 0.2) is 22.7 Å². The van der Waals surface area contributed by atoms with E-state index in [1.165, 1.54) is 0 Å². The molecule has 0 saturated heterocycles. The lowest BCUT2D eigenvalue weighted by molar-refractivity contribution is -0.00443. The molecule has 0 saturated carbocycles. The fourth-order valence-corrected chi connectivity index (χ4v) is 2.47. The Labute approximate surface area is 134 Å². The Hall–Kier alpha value is -0.290. The Balaban J connectivity index is 2.32. The van der Waals surface area contributed by atoms with Crippen LogP contribution in [0.5, 0.6) is 0 Å². The number of aliphatic hydroxyl groups is 1. The summed E-state index contributed by atoms with van der Waals surface area (Å²) in [6.45, 7) is 7.09. The maximum absolute atomic E-state index is 9.91. The summed E-state index contributed by atoms with van der Waals surface area (Å²) < 4.78 is 6.57. The van der Waals surface area contributed by atoms with Crippen molar-refractivity contribution in [3.05, 3.63) is 27.7 Å². The Morgan fingerprint density at radius 3 is 2.70 bits per heavy atom. The number of nitrogens with one attached hydrogen (secondary N) is 1. The van der Waals surface area contributed by atoms with Gasteiger partial charge in [-0.15, -0.1) is 0 Å². The minimum Gasteiger partial charge on any atom is -0.389 e. The maximum Gasteiger partial charge on any atom is 0.0945 e. The zero-order valence-electron chi connectivity index (χ0n) is 12.2. The smallest absolute Gasteiger partial charge is 0.0945 e. The van der Waals surface area contributed by atoms with Crippen molar-refractivity contribution in [2.45, 2.75) is 39.4 Å². The normalized spacial score (nSPS) is 14.3. The first kappa shape index (κ1) is 17.8. The number of hydrogen-bond donors (Lipinski definition) is 2. The average Bonchev–Trinajstić information content (AvgIpc) is 2.36. The highest BCUT2D eigenvalue weighted by Gasteiger charge is 2.10. The minimum absolute atomic E-state index is 0.166. The molecular formula is C15H23BrClNO2. The van der Waals surface area contributed by atoms with Crippen molar-refractivity contribution >= 4 is 33.2 Å². The topological polar surface area (TPSA) is 41.5 Å². The monoisotopic (exact) mass is 363 g/mol. The second-order valence-electron chi connectivity index (χ2n) is 5.43. The van der Waals surface area contributed by atoms with Crippen molar-refractivity contribution < 1.29 is 9.84 Å². The number of ether oxygens (including phenoxy) is 1. The molecule has 0 bridgehead atoms. The van der Waals surface area contributed by atoms with Gasteiger partial charge < -0.3 is 15.2 Å². The van der Waals surface area contributed by atoms with Gasteiger partial charge in [-0.25, -0.2) is 0 Å². The molecule has 5 heteroatoms. The summed E-state index contributed by atoms with van der Waals surface area (Å²) in [5, 5.41) is 13.7. The molecule has 0 heterocycles. The lowest BCUT2D eigenvalue weighted by Gasteiger charge is -2.19. The van der Waals surface area contributed by atoms with E-state index in [9.17, 15) is 5.11 Å². The van der Waals surface area contributed by atoms with E-state index in [0.29, 0.717) is 24.1 Å². The Bertz CT molecular complexity index is 415. The molecular weight excluding hydrogens is 342 g/mol. The fourth-order valence-electron chi connectivity index (χ4n) is 1.93. The molecule has 114 valence electrons. The molecule has 0 spiro atoms. The van der Waals surface area contributed by atoms with Gasteiger partial charge >= 0.3 is 0 Å². The van der Waals surface area contributed by atoms with Crippen LogP contribution >= 0.6 is 27.5 Å². The summed E-state index contributed by atoms with van der Waals surface area (Å²) in [6, 6.07) is 5.57. The van der Waals surface area contributed by atoms with Gasteiger partial charge in [-0.05, 0) is 37.5 Å². The van der Waals surface area contributed by atoms with Crippen LogP contribution in [0.4, 0.5) is 5.69 Å². The van der Waals surface area contributed by atoms with Crippen molar-refractivity contribution in [3.63, 3.8) is 0 Å². The second kappa shape index (κ2) is 8.88. The molecule has 3 nitrogen and oxygen atoms in total. The van der Waals surface area contributed by atoms with Crippen molar-refractivity contribution in [2.24, 2.45) is 5.92 Å². The summed E-state index contributed by atoms with van der Waals surface area (Å²) in [7, 11) is 0. The summed E-state index contributed by atoms with van der Waals surface area (Å²) in [5.41, 5.74) is 0.801. The van der Waals surface area contributed by atoms with E-state index in [1.807, 2.05) is 25.1 Å². The SMILES string of the molecule is CC(C)CC(C)OCC(O)CNc1cc(Br)ccc1Cl. The fraction of sp³-hybridized carbons (Fsp3) is 0.600. The molecule has 0 radical (unpaired) electrons. The third-order valence-electron chi connectivity index (χ3n) is 2.83. The van der Waals surface area contributed by atoms with E-state index in [4.69, 9.17) is 16.3 Å². The molecule has 0 amide bonds. The van der Waals surface area contributed by atoms with Gasteiger partial charge in [0, 0.05) is 11.0 Å². The first-order chi connectivity index (χ1) is 9.38. The number of benzene rings is 1. The molecule has 20 heavy (non-hydrogen) atoms. The van der Waals surface area contributed by atoms with Crippen molar-refractivity contribution in [1.29, 1.82) is 0 Å². The number of anilines is 1. The largest absolute Gasteiger partial charge is 0.389 e. The quantitative estimate of drug-likeness (QED) is 0.721. The van der Waals surface area contributed by atoms with Crippen LogP contribution < -0.4 is 5.32 Å². The molecule has 1 aromatic carbocycles. The molecule has 0 aliphatic heterocycles. The molecule has 0 fully saturated rings. The third kappa shape index (κ3) is 6.93. The van der Waals surface area contributed by atoms with Gasteiger partial charge in [-0.2, -0.15) is 0 Å². The van der Waals surface area contributed by atoms with Gasteiger partial charge in [0.2, 0.25) is 0 Å². The van der Waals surface area contributed by atoms with E-state index < -0.39 is 6.10 Å². The van der Waals surface area contributed by atoms with Crippen LogP contribution in [-0.4, -0.2) is 30.5 Å². The third-order valence-corrected chi connectivity index (χ3v) is 3.66. The zero-order valence-corrected chi connectivity index (χ0v) is 14.5. The maximum atomic E-state index is 9.91. The van der Waals surface area contributed by atoms with Gasteiger partial charge in [-0.1, -0.05) is 41.4 Å². The molecule has 1 aromatic rings. The van der Waals surface area contributed by atoms with E-state index >= 15 is 0 Å². The lowest BCUT2D eigenvalue weighted by Crippen LogP contribution is -2.27. The first-order valence-electron chi connectivity index (χ1n) is 6.87. The predicted molar refractivity (Wildman–Crippen MR) is 88.5 cm³/mol. The molecule has 0 aromatic heterocycles. The minimum atomic E-state index is -0.556. The highest BCUT2D eigenvalue weighted by atomic mass is 79.9. The Kier molecular flexibility index (Phi) is 7.88. The van der Waals surface area contributed by atoms with Gasteiger partial charge in [0.25, 0.3) is 0 Å². The molecule has 0 aliphatic carbocycles. The predicted octanol–water partition coefficient (Wildman–Crippen LogP) is 4.33. The van der Waals surface area contributed by atoms with Crippen molar-refractivity contribution in [1.82, 2.24) is 0 Å². The number of halogens is 2. The van der Waals surface area contributed by atoms with E-state index in [1.54, 1.807) is 0 Å². The summed E-state index contributed by atoms with van der Waals surface area (Å²) in [5.74, 6) is 0.598. The van der Waals surface area contributed by atoms with Crippen LogP contribution in [0.1, 0.15) is 27.2 Å². The highest BCUT2D eigenvalue weighted by Crippen LogP contribution is 2.25. The molecule has 0 aliphatic rings. The number of hydrogen-bond acceptors (Lipinski definition) is 3. The molecule has 2 unspecified atom stereocenters. The van der Waals surface area contributed by atoms with Crippen LogP contribution in [0.3, 0.4) is 0 Å². The molecule has 1 rings (SSSR count). The van der Waals surface area contributed by atoms with Crippen LogP contribution in [0, 0.1) is 5.92 Å². The van der Waals surface area contributed by atoms with Gasteiger partial charge in [0.1, 0.15) is 0 Å². The molecule has 2 N–H and O–H groups in total. The van der Waals surface area contributed by atoms with Crippen LogP contribution in [0.25, 0.3) is 0 Å².